The van der Waals surface area contributed by atoms with Crippen LogP contribution in [0.25, 0.3) is 10.8 Å². The fourth-order valence-corrected chi connectivity index (χ4v) is 1.92. The van der Waals surface area contributed by atoms with Crippen LogP contribution in [0.3, 0.4) is 0 Å². The molecule has 3 amide bonds. The average Bonchev–Trinajstić information content (AvgIpc) is 2.47. The van der Waals surface area contributed by atoms with Gasteiger partial charge in [0.05, 0.1) is 0 Å². The highest BCUT2D eigenvalue weighted by atomic mass is 16.5. The van der Waals surface area contributed by atoms with Gasteiger partial charge in [-0.2, -0.15) is 0 Å². The lowest BCUT2D eigenvalue weighted by Crippen LogP contribution is -2.42. The van der Waals surface area contributed by atoms with Gasteiger partial charge >= 0.3 is 12.0 Å². The molecule has 0 bridgehead atoms. The van der Waals surface area contributed by atoms with Crippen molar-refractivity contribution in [2.24, 2.45) is 5.73 Å². The molecule has 0 aliphatic carbocycles. The third kappa shape index (κ3) is 3.14. The Bertz CT molecular complexity index is 757. The molecule has 0 aromatic heterocycles. The molecule has 22 heavy (non-hydrogen) atoms. The molecule has 2 aromatic carbocycles. The number of amides is 3. The van der Waals surface area contributed by atoms with Crippen molar-refractivity contribution in [3.8, 4) is 5.75 Å². The van der Waals surface area contributed by atoms with E-state index in [0.29, 0.717) is 5.39 Å². The van der Waals surface area contributed by atoms with E-state index in [4.69, 9.17) is 10.5 Å². The number of esters is 1. The summed E-state index contributed by atoms with van der Waals surface area (Å²) in [5.74, 6) is -1.96. The maximum Gasteiger partial charge on any atom is 0.342 e. The molecule has 0 radical (unpaired) electrons. The number of urea groups is 1. The summed E-state index contributed by atoms with van der Waals surface area (Å²) in [6.45, 7) is 1.29. The first-order valence-corrected chi connectivity index (χ1v) is 6.42. The Balaban J connectivity index is 2.21. The molecule has 7 nitrogen and oxygen atoms in total. The van der Waals surface area contributed by atoms with Crippen molar-refractivity contribution >= 4 is 28.7 Å². The molecule has 0 aliphatic rings. The van der Waals surface area contributed by atoms with E-state index in [1.54, 1.807) is 35.6 Å². The number of nitrogens with one attached hydrogen (secondary N) is 1. The van der Waals surface area contributed by atoms with Crippen LogP contribution in [-0.2, 0) is 9.53 Å². The highest BCUT2D eigenvalue weighted by molar-refractivity contribution is 6.02. The summed E-state index contributed by atoms with van der Waals surface area (Å²) >= 11 is 0. The number of phenolic OH excluding ortho intramolecular Hbond substituents is 1. The second-order valence-electron chi connectivity index (χ2n) is 4.58. The van der Waals surface area contributed by atoms with Crippen LogP contribution in [0.4, 0.5) is 4.79 Å². The third-order valence-electron chi connectivity index (χ3n) is 3.02. The quantitative estimate of drug-likeness (QED) is 0.738. The lowest BCUT2D eigenvalue weighted by molar-refractivity contribution is -0.127. The predicted octanol–water partition coefficient (Wildman–Crippen LogP) is 1.29. The average molecular weight is 302 g/mol. The maximum absolute atomic E-state index is 12.0. The van der Waals surface area contributed by atoms with Crippen LogP contribution in [0, 0.1) is 0 Å². The van der Waals surface area contributed by atoms with Crippen LogP contribution < -0.4 is 11.1 Å². The lowest BCUT2D eigenvalue weighted by atomic mass is 10.1. The van der Waals surface area contributed by atoms with Crippen LogP contribution in [0.2, 0.25) is 0 Å². The first kappa shape index (κ1) is 15.3. The summed E-state index contributed by atoms with van der Waals surface area (Å²) in [6.07, 6.45) is -1.23. The summed E-state index contributed by atoms with van der Waals surface area (Å²) in [5.41, 5.74) is 4.74. The van der Waals surface area contributed by atoms with E-state index in [-0.39, 0.29) is 11.3 Å². The van der Waals surface area contributed by atoms with Crippen molar-refractivity contribution in [2.75, 3.05) is 0 Å². The highest BCUT2D eigenvalue weighted by Gasteiger charge is 2.22. The van der Waals surface area contributed by atoms with Gasteiger partial charge in [-0.15, -0.1) is 0 Å². The number of fused-ring (bicyclic) bond motifs is 1. The molecule has 4 N–H and O–H groups in total. The Hall–Kier alpha value is -3.09. The Morgan fingerprint density at radius 1 is 1.18 bits per heavy atom. The molecule has 0 spiro atoms. The van der Waals surface area contributed by atoms with Gasteiger partial charge in [-0.25, -0.2) is 9.59 Å². The molecule has 0 saturated carbocycles. The largest absolute Gasteiger partial charge is 0.506 e. The smallest absolute Gasteiger partial charge is 0.342 e. The Kier molecular flexibility index (Phi) is 4.26. The van der Waals surface area contributed by atoms with Gasteiger partial charge in [0.2, 0.25) is 0 Å². The molecule has 0 fully saturated rings. The number of rotatable bonds is 3. The second kappa shape index (κ2) is 6.13. The number of benzene rings is 2. The number of primary amides is 1. The standard InChI is InChI=1S/C15H14N2O5/c1-8(13(19)17-15(16)21)22-14(20)11-7-6-9-4-2-3-5-10(9)12(11)18/h2-8,18H,1H3,(H3,16,17,19,21)/t8-/m0/s1. The first-order chi connectivity index (χ1) is 10.4. The zero-order valence-corrected chi connectivity index (χ0v) is 11.7. The summed E-state index contributed by atoms with van der Waals surface area (Å²) in [6, 6.07) is 8.98. The molecular weight excluding hydrogens is 288 g/mol. The van der Waals surface area contributed by atoms with Crippen molar-refractivity contribution in [3.05, 3.63) is 42.0 Å². The van der Waals surface area contributed by atoms with E-state index < -0.39 is 24.0 Å². The molecule has 114 valence electrons. The predicted molar refractivity (Wildman–Crippen MR) is 78.2 cm³/mol. The van der Waals surface area contributed by atoms with Crippen LogP contribution in [-0.4, -0.2) is 29.1 Å². The second-order valence-corrected chi connectivity index (χ2v) is 4.58. The van der Waals surface area contributed by atoms with Crippen LogP contribution in [0.5, 0.6) is 5.75 Å². The molecule has 0 saturated heterocycles. The van der Waals surface area contributed by atoms with Crippen molar-refractivity contribution in [1.29, 1.82) is 0 Å². The number of carbonyl (C=O) groups excluding carboxylic acids is 3. The summed E-state index contributed by atoms with van der Waals surface area (Å²) in [5, 5.41) is 13.2. The zero-order chi connectivity index (χ0) is 16.3. The van der Waals surface area contributed by atoms with Gasteiger partial charge in [0.1, 0.15) is 11.3 Å². The van der Waals surface area contributed by atoms with E-state index in [9.17, 15) is 19.5 Å². The molecule has 0 aliphatic heterocycles. The highest BCUT2D eigenvalue weighted by Crippen LogP contribution is 2.29. The minimum atomic E-state index is -1.23. The minimum absolute atomic E-state index is 0.0718. The van der Waals surface area contributed by atoms with Gasteiger partial charge in [-0.1, -0.05) is 30.3 Å². The lowest BCUT2D eigenvalue weighted by Gasteiger charge is -2.13. The number of imide groups is 1. The van der Waals surface area contributed by atoms with Gasteiger partial charge < -0.3 is 15.6 Å². The first-order valence-electron chi connectivity index (χ1n) is 6.42. The van der Waals surface area contributed by atoms with E-state index in [2.05, 4.69) is 0 Å². The van der Waals surface area contributed by atoms with Crippen molar-refractivity contribution in [1.82, 2.24) is 5.32 Å². The number of hydrogen-bond donors (Lipinski definition) is 3. The minimum Gasteiger partial charge on any atom is -0.506 e. The fraction of sp³-hybridized carbons (Fsp3) is 0.133. The maximum atomic E-state index is 12.0. The van der Waals surface area contributed by atoms with Crippen molar-refractivity contribution in [3.63, 3.8) is 0 Å². The van der Waals surface area contributed by atoms with E-state index in [1.165, 1.54) is 13.0 Å². The SMILES string of the molecule is C[C@H](OC(=O)c1ccc2ccccc2c1O)C(=O)NC(N)=O. The molecule has 2 aromatic rings. The van der Waals surface area contributed by atoms with Gasteiger partial charge in [0, 0.05) is 5.39 Å². The molecular formula is C15H14N2O5. The van der Waals surface area contributed by atoms with Crippen molar-refractivity contribution < 1.29 is 24.2 Å². The Labute approximate surface area is 125 Å². The summed E-state index contributed by atoms with van der Waals surface area (Å²) in [4.78, 5) is 34.1. The van der Waals surface area contributed by atoms with Crippen LogP contribution in [0.15, 0.2) is 36.4 Å². The molecule has 2 rings (SSSR count). The van der Waals surface area contributed by atoms with Crippen molar-refractivity contribution in [2.45, 2.75) is 13.0 Å². The van der Waals surface area contributed by atoms with Gasteiger partial charge in [-0.05, 0) is 18.4 Å². The summed E-state index contributed by atoms with van der Waals surface area (Å²) < 4.78 is 4.91. The van der Waals surface area contributed by atoms with Gasteiger partial charge in [-0.3, -0.25) is 10.1 Å². The monoisotopic (exact) mass is 302 g/mol. The molecule has 7 heteroatoms. The van der Waals surface area contributed by atoms with E-state index in [1.807, 2.05) is 0 Å². The third-order valence-corrected chi connectivity index (χ3v) is 3.02. The number of phenols is 1. The van der Waals surface area contributed by atoms with E-state index >= 15 is 0 Å². The molecule has 0 heterocycles. The fourth-order valence-electron chi connectivity index (χ4n) is 1.92. The number of aromatic hydroxyl groups is 1. The number of nitrogens with two attached hydrogens (primary N) is 1. The van der Waals surface area contributed by atoms with Gasteiger partial charge in [0.15, 0.2) is 6.10 Å². The Morgan fingerprint density at radius 2 is 1.86 bits per heavy atom. The topological polar surface area (TPSA) is 119 Å². The van der Waals surface area contributed by atoms with Gasteiger partial charge in [0.25, 0.3) is 5.91 Å². The number of carbonyl (C=O) groups is 3. The number of hydrogen-bond acceptors (Lipinski definition) is 5. The summed E-state index contributed by atoms with van der Waals surface area (Å²) in [7, 11) is 0. The Morgan fingerprint density at radius 3 is 2.55 bits per heavy atom. The zero-order valence-electron chi connectivity index (χ0n) is 11.7. The molecule has 0 unspecified atom stereocenters. The van der Waals surface area contributed by atoms with Crippen LogP contribution in [0.1, 0.15) is 17.3 Å². The molecule has 1 atom stereocenters. The number of ether oxygens (including phenoxy) is 1. The normalized spacial score (nSPS) is 11.7. The van der Waals surface area contributed by atoms with Crippen LogP contribution >= 0.6 is 0 Å². The van der Waals surface area contributed by atoms with E-state index in [0.717, 1.165) is 5.39 Å².